The van der Waals surface area contributed by atoms with Gasteiger partial charge < -0.3 is 19.9 Å². The molecule has 1 aromatic carbocycles. The molecule has 138 valence electrons. The fourth-order valence-electron chi connectivity index (χ4n) is 1.86. The van der Waals surface area contributed by atoms with E-state index in [0.717, 1.165) is 12.1 Å². The number of carbonyl (C=O) groups is 3. The quantitative estimate of drug-likeness (QED) is 0.715. The number of esters is 1. The lowest BCUT2D eigenvalue weighted by Crippen LogP contribution is -2.45. The summed E-state index contributed by atoms with van der Waals surface area (Å²) in [7, 11) is 1.21. The van der Waals surface area contributed by atoms with Crippen LogP contribution in [0.15, 0.2) is 18.2 Å². The van der Waals surface area contributed by atoms with Crippen molar-refractivity contribution in [1.29, 1.82) is 0 Å². The molecule has 3 amide bonds. The molecule has 0 spiro atoms. The maximum absolute atomic E-state index is 12.3. The first-order valence-electron chi connectivity index (χ1n) is 7.09. The fourth-order valence-corrected chi connectivity index (χ4v) is 1.86. The number of alkyl halides is 2. The van der Waals surface area contributed by atoms with E-state index < -0.39 is 36.5 Å². The van der Waals surface area contributed by atoms with Gasteiger partial charge in [-0.15, -0.1) is 0 Å². The highest BCUT2D eigenvalue weighted by Gasteiger charge is 2.28. The van der Waals surface area contributed by atoms with Crippen LogP contribution < -0.4 is 20.5 Å². The lowest BCUT2D eigenvalue weighted by atomic mass is 10.1. The van der Waals surface area contributed by atoms with Crippen LogP contribution in [0, 0.1) is 5.92 Å². The average Bonchev–Trinajstić information content (AvgIpc) is 2.50. The number of benzene rings is 1. The number of hydrogen-bond acceptors (Lipinski definition) is 6. The molecule has 0 aromatic heterocycles. The van der Waals surface area contributed by atoms with Gasteiger partial charge in [-0.05, 0) is 24.1 Å². The Balaban J connectivity index is 2.97. The van der Waals surface area contributed by atoms with E-state index in [9.17, 15) is 23.2 Å². The van der Waals surface area contributed by atoms with Gasteiger partial charge in [-0.3, -0.25) is 10.1 Å². The van der Waals surface area contributed by atoms with Crippen molar-refractivity contribution in [3.8, 4) is 11.5 Å². The van der Waals surface area contributed by atoms with Crippen LogP contribution in [-0.2, 0) is 9.53 Å². The van der Waals surface area contributed by atoms with Crippen molar-refractivity contribution in [2.24, 2.45) is 11.7 Å². The molecule has 0 aliphatic heterocycles. The van der Waals surface area contributed by atoms with E-state index in [4.69, 9.17) is 15.2 Å². The van der Waals surface area contributed by atoms with Gasteiger partial charge in [0.05, 0.1) is 12.7 Å². The number of imide groups is 1. The van der Waals surface area contributed by atoms with E-state index in [1.807, 2.05) is 5.32 Å². The lowest BCUT2D eigenvalue weighted by Gasteiger charge is -2.20. The van der Waals surface area contributed by atoms with Gasteiger partial charge in [0.2, 0.25) is 0 Å². The summed E-state index contributed by atoms with van der Waals surface area (Å²) in [5.74, 6) is -2.62. The average molecular weight is 360 g/mol. The normalized spacial score (nSPS) is 11.8. The van der Waals surface area contributed by atoms with E-state index in [1.165, 1.54) is 13.2 Å². The molecule has 0 unspecified atom stereocenters. The van der Waals surface area contributed by atoms with Crippen LogP contribution in [0.3, 0.4) is 0 Å². The number of hydrogen-bond donors (Lipinski definition) is 2. The number of primary amides is 1. The van der Waals surface area contributed by atoms with Gasteiger partial charge >= 0.3 is 18.6 Å². The minimum Gasteiger partial charge on any atom is -0.493 e. The van der Waals surface area contributed by atoms with Crippen molar-refractivity contribution in [2.45, 2.75) is 26.6 Å². The molecule has 25 heavy (non-hydrogen) atoms. The summed E-state index contributed by atoms with van der Waals surface area (Å²) in [5.41, 5.74) is 4.81. The molecule has 10 heteroatoms. The highest BCUT2D eigenvalue weighted by atomic mass is 19.3. The lowest BCUT2D eigenvalue weighted by molar-refractivity contribution is -0.130. The summed E-state index contributed by atoms with van der Waals surface area (Å²) in [6, 6.07) is 2.33. The van der Waals surface area contributed by atoms with Gasteiger partial charge in [0.1, 0.15) is 0 Å². The van der Waals surface area contributed by atoms with E-state index >= 15 is 0 Å². The Morgan fingerprint density at radius 1 is 1.16 bits per heavy atom. The highest BCUT2D eigenvalue weighted by Crippen LogP contribution is 2.30. The van der Waals surface area contributed by atoms with Crippen LogP contribution in [0.1, 0.15) is 24.2 Å². The van der Waals surface area contributed by atoms with Gasteiger partial charge in [0, 0.05) is 0 Å². The van der Waals surface area contributed by atoms with E-state index in [1.54, 1.807) is 13.8 Å². The van der Waals surface area contributed by atoms with Crippen LogP contribution in [-0.4, -0.2) is 37.7 Å². The van der Waals surface area contributed by atoms with Crippen molar-refractivity contribution in [3.05, 3.63) is 23.8 Å². The molecule has 0 aliphatic carbocycles. The smallest absolute Gasteiger partial charge is 0.387 e. The Labute approximate surface area is 142 Å². The molecular formula is C15H18F2N2O6. The molecule has 1 aromatic rings. The molecule has 0 heterocycles. The zero-order chi connectivity index (χ0) is 19.1. The number of rotatable bonds is 7. The number of ether oxygens (including phenoxy) is 3. The first-order chi connectivity index (χ1) is 11.6. The van der Waals surface area contributed by atoms with Gasteiger partial charge in [-0.2, -0.15) is 8.78 Å². The second kappa shape index (κ2) is 8.81. The zero-order valence-electron chi connectivity index (χ0n) is 13.7. The molecule has 0 aliphatic rings. The standard InChI is InChI=1S/C15H18F2N2O6/c1-7(2)11(12(20)19-15(18)22)25-13(21)8-4-5-9(24-14(16)17)10(6-8)23-3/h4-7,11,14H,1-3H3,(H3,18,19,20,22)/t11-/m0/s1. The Kier molecular flexibility index (Phi) is 7.09. The van der Waals surface area contributed by atoms with Crippen molar-refractivity contribution in [1.82, 2.24) is 5.32 Å². The second-order valence-corrected chi connectivity index (χ2v) is 5.17. The summed E-state index contributed by atoms with van der Waals surface area (Å²) in [5, 5.41) is 1.83. The zero-order valence-corrected chi connectivity index (χ0v) is 13.7. The number of methoxy groups -OCH3 is 1. The van der Waals surface area contributed by atoms with Crippen LogP contribution >= 0.6 is 0 Å². The third-order valence-corrected chi connectivity index (χ3v) is 2.96. The van der Waals surface area contributed by atoms with E-state index in [2.05, 4.69) is 4.74 Å². The van der Waals surface area contributed by atoms with Gasteiger partial charge in [-0.25, -0.2) is 9.59 Å². The fraction of sp³-hybridized carbons (Fsp3) is 0.400. The van der Waals surface area contributed by atoms with Gasteiger partial charge in [0.15, 0.2) is 17.6 Å². The SMILES string of the molecule is COc1cc(C(=O)O[C@H](C(=O)NC(N)=O)C(C)C)ccc1OC(F)F. The van der Waals surface area contributed by atoms with Crippen LogP contribution in [0.25, 0.3) is 0 Å². The number of nitrogens with one attached hydrogen (secondary N) is 1. The number of halogens is 2. The molecule has 0 radical (unpaired) electrons. The number of carbonyl (C=O) groups excluding carboxylic acids is 3. The molecule has 1 atom stereocenters. The summed E-state index contributed by atoms with van der Waals surface area (Å²) in [6.07, 6.45) is -1.28. The Hall–Kier alpha value is -2.91. The first kappa shape index (κ1) is 20.1. The third kappa shape index (κ3) is 5.90. The van der Waals surface area contributed by atoms with Crippen LogP contribution in [0.5, 0.6) is 11.5 Å². The molecule has 0 fully saturated rings. The Morgan fingerprint density at radius 2 is 1.80 bits per heavy atom. The van der Waals surface area contributed by atoms with Gasteiger partial charge in [-0.1, -0.05) is 13.8 Å². The van der Waals surface area contributed by atoms with Crippen molar-refractivity contribution < 1.29 is 37.4 Å². The second-order valence-electron chi connectivity index (χ2n) is 5.17. The monoisotopic (exact) mass is 360 g/mol. The molecule has 3 N–H and O–H groups in total. The molecule has 8 nitrogen and oxygen atoms in total. The van der Waals surface area contributed by atoms with E-state index in [0.29, 0.717) is 0 Å². The Bertz CT molecular complexity index is 651. The molecule has 0 bridgehead atoms. The summed E-state index contributed by atoms with van der Waals surface area (Å²) >= 11 is 0. The predicted molar refractivity (Wildman–Crippen MR) is 81.4 cm³/mol. The van der Waals surface area contributed by atoms with Crippen LogP contribution in [0.4, 0.5) is 13.6 Å². The highest BCUT2D eigenvalue weighted by molar-refractivity contribution is 5.98. The topological polar surface area (TPSA) is 117 Å². The molecular weight excluding hydrogens is 342 g/mol. The maximum Gasteiger partial charge on any atom is 0.387 e. The minimum atomic E-state index is -3.06. The first-order valence-corrected chi connectivity index (χ1v) is 7.09. The Morgan fingerprint density at radius 3 is 2.28 bits per heavy atom. The third-order valence-electron chi connectivity index (χ3n) is 2.96. The van der Waals surface area contributed by atoms with Crippen LogP contribution in [0.2, 0.25) is 0 Å². The summed E-state index contributed by atoms with van der Waals surface area (Å²) in [4.78, 5) is 34.8. The number of amides is 3. The van der Waals surface area contributed by atoms with E-state index in [-0.39, 0.29) is 17.1 Å². The number of urea groups is 1. The summed E-state index contributed by atoms with van der Waals surface area (Å²) < 4.78 is 38.8. The predicted octanol–water partition coefficient (Wildman–Crippen LogP) is 1.67. The molecule has 0 saturated carbocycles. The molecule has 1 rings (SSSR count). The van der Waals surface area contributed by atoms with Crippen molar-refractivity contribution in [2.75, 3.05) is 7.11 Å². The van der Waals surface area contributed by atoms with Crippen molar-refractivity contribution in [3.63, 3.8) is 0 Å². The largest absolute Gasteiger partial charge is 0.493 e. The summed E-state index contributed by atoms with van der Waals surface area (Å²) in [6.45, 7) is 0.131. The number of nitrogens with two attached hydrogens (primary N) is 1. The molecule has 0 saturated heterocycles. The van der Waals surface area contributed by atoms with Gasteiger partial charge in [0.25, 0.3) is 5.91 Å². The van der Waals surface area contributed by atoms with Crippen molar-refractivity contribution >= 4 is 17.9 Å². The maximum atomic E-state index is 12.3. The minimum absolute atomic E-state index is 0.0593.